The topological polar surface area (TPSA) is 64.4 Å². The van der Waals surface area contributed by atoms with E-state index in [-0.39, 0.29) is 18.3 Å². The van der Waals surface area contributed by atoms with Crippen molar-refractivity contribution in [2.75, 3.05) is 6.54 Å². The summed E-state index contributed by atoms with van der Waals surface area (Å²) in [6.07, 6.45) is 0.775. The molecular formula is C18H23ClN2O2. The average Bonchev–Trinajstić information content (AvgIpc) is 2.55. The van der Waals surface area contributed by atoms with E-state index in [1.165, 1.54) is 0 Å². The van der Waals surface area contributed by atoms with Crippen LogP contribution in [0.4, 0.5) is 0 Å². The van der Waals surface area contributed by atoms with Crippen LogP contribution in [0.5, 0.6) is 5.75 Å². The van der Waals surface area contributed by atoms with E-state index >= 15 is 0 Å². The van der Waals surface area contributed by atoms with Crippen molar-refractivity contribution in [3.05, 3.63) is 65.7 Å². The van der Waals surface area contributed by atoms with Crippen LogP contribution >= 0.6 is 12.4 Å². The quantitative estimate of drug-likeness (QED) is 0.818. The third kappa shape index (κ3) is 6.72. The van der Waals surface area contributed by atoms with Crippen LogP contribution in [-0.4, -0.2) is 18.5 Å². The molecule has 5 heteroatoms. The number of nitrogens with two attached hydrogens (primary N) is 1. The first-order chi connectivity index (χ1) is 10.6. The second kappa shape index (κ2) is 9.87. The van der Waals surface area contributed by atoms with Gasteiger partial charge in [-0.25, -0.2) is 0 Å². The molecule has 0 aliphatic heterocycles. The third-order valence-electron chi connectivity index (χ3n) is 3.30. The summed E-state index contributed by atoms with van der Waals surface area (Å²) < 4.78 is 5.73. The summed E-state index contributed by atoms with van der Waals surface area (Å²) >= 11 is 0. The minimum absolute atomic E-state index is 0. The van der Waals surface area contributed by atoms with E-state index in [1.807, 2.05) is 54.6 Å². The van der Waals surface area contributed by atoms with Crippen molar-refractivity contribution in [1.82, 2.24) is 5.32 Å². The Morgan fingerprint density at radius 2 is 1.74 bits per heavy atom. The Kier molecular flexibility index (Phi) is 8.16. The zero-order valence-corrected chi connectivity index (χ0v) is 14.0. The summed E-state index contributed by atoms with van der Waals surface area (Å²) in [6, 6.07) is 17.5. The summed E-state index contributed by atoms with van der Waals surface area (Å²) in [5, 5.41) is 2.80. The fourth-order valence-electron chi connectivity index (χ4n) is 1.98. The van der Waals surface area contributed by atoms with Crippen molar-refractivity contribution in [3.63, 3.8) is 0 Å². The first-order valence-corrected chi connectivity index (χ1v) is 7.44. The number of ether oxygens (including phenoxy) is 1. The SMILES string of the molecule is C[C@H](N)C(=O)NCCc1ccc(OCc2ccccc2)cc1.Cl. The second-order valence-electron chi connectivity index (χ2n) is 5.25. The van der Waals surface area contributed by atoms with Gasteiger partial charge in [-0.2, -0.15) is 0 Å². The molecule has 2 aromatic carbocycles. The van der Waals surface area contributed by atoms with Gasteiger partial charge in [0.05, 0.1) is 6.04 Å². The molecule has 0 fully saturated rings. The Morgan fingerprint density at radius 1 is 1.09 bits per heavy atom. The van der Waals surface area contributed by atoms with Crippen molar-refractivity contribution in [1.29, 1.82) is 0 Å². The van der Waals surface area contributed by atoms with Crippen LogP contribution in [0.3, 0.4) is 0 Å². The maximum Gasteiger partial charge on any atom is 0.236 e. The Labute approximate surface area is 143 Å². The standard InChI is InChI=1S/C18H22N2O2.ClH/c1-14(19)18(21)20-12-11-15-7-9-17(10-8-15)22-13-16-5-3-2-4-6-16;/h2-10,14H,11-13,19H2,1H3,(H,20,21);1H/t14-;/m0./s1. The van der Waals surface area contributed by atoms with Gasteiger partial charge in [0, 0.05) is 6.54 Å². The van der Waals surface area contributed by atoms with Crippen LogP contribution in [0.15, 0.2) is 54.6 Å². The number of hydrogen-bond donors (Lipinski definition) is 2. The fraction of sp³-hybridized carbons (Fsp3) is 0.278. The van der Waals surface area contributed by atoms with Gasteiger partial charge in [0.1, 0.15) is 12.4 Å². The lowest BCUT2D eigenvalue weighted by Gasteiger charge is -2.09. The molecule has 23 heavy (non-hydrogen) atoms. The van der Waals surface area contributed by atoms with Crippen LogP contribution in [0.2, 0.25) is 0 Å². The van der Waals surface area contributed by atoms with E-state index in [4.69, 9.17) is 10.5 Å². The van der Waals surface area contributed by atoms with Gasteiger partial charge in [-0.15, -0.1) is 12.4 Å². The molecule has 3 N–H and O–H groups in total. The highest BCUT2D eigenvalue weighted by Crippen LogP contribution is 2.14. The molecule has 124 valence electrons. The predicted octanol–water partition coefficient (Wildman–Crippen LogP) is 2.69. The lowest BCUT2D eigenvalue weighted by molar-refractivity contribution is -0.121. The van der Waals surface area contributed by atoms with Gasteiger partial charge < -0.3 is 15.8 Å². The van der Waals surface area contributed by atoms with E-state index in [0.29, 0.717) is 13.2 Å². The Bertz CT molecular complexity index is 586. The molecule has 0 aliphatic rings. The van der Waals surface area contributed by atoms with Crippen molar-refractivity contribution < 1.29 is 9.53 Å². The molecule has 0 bridgehead atoms. The third-order valence-corrected chi connectivity index (χ3v) is 3.30. The molecular weight excluding hydrogens is 312 g/mol. The summed E-state index contributed by atoms with van der Waals surface area (Å²) in [4.78, 5) is 11.4. The van der Waals surface area contributed by atoms with E-state index in [1.54, 1.807) is 6.92 Å². The summed E-state index contributed by atoms with van der Waals surface area (Å²) in [5.41, 5.74) is 7.78. The molecule has 0 aromatic heterocycles. The number of carbonyl (C=O) groups excluding carboxylic acids is 1. The predicted molar refractivity (Wildman–Crippen MR) is 94.8 cm³/mol. The van der Waals surface area contributed by atoms with Crippen molar-refractivity contribution in [2.45, 2.75) is 26.0 Å². The first-order valence-electron chi connectivity index (χ1n) is 7.44. The molecule has 0 heterocycles. The largest absolute Gasteiger partial charge is 0.489 e. The molecule has 1 amide bonds. The maximum absolute atomic E-state index is 11.4. The zero-order chi connectivity index (χ0) is 15.8. The van der Waals surface area contributed by atoms with Crippen molar-refractivity contribution in [3.8, 4) is 5.75 Å². The van der Waals surface area contributed by atoms with Gasteiger partial charge in [-0.05, 0) is 36.6 Å². The second-order valence-corrected chi connectivity index (χ2v) is 5.25. The lowest BCUT2D eigenvalue weighted by Crippen LogP contribution is -2.39. The molecule has 4 nitrogen and oxygen atoms in total. The van der Waals surface area contributed by atoms with Crippen molar-refractivity contribution in [2.24, 2.45) is 5.73 Å². The van der Waals surface area contributed by atoms with Crippen LogP contribution in [-0.2, 0) is 17.8 Å². The van der Waals surface area contributed by atoms with Crippen LogP contribution in [0.1, 0.15) is 18.1 Å². The van der Waals surface area contributed by atoms with E-state index in [9.17, 15) is 4.79 Å². The Balaban J connectivity index is 0.00000264. The number of carbonyl (C=O) groups is 1. The Hall–Kier alpha value is -2.04. The molecule has 1 atom stereocenters. The molecule has 0 saturated carbocycles. The number of nitrogens with one attached hydrogen (secondary N) is 1. The fourth-order valence-corrected chi connectivity index (χ4v) is 1.98. The van der Waals surface area contributed by atoms with Gasteiger partial charge in [0.15, 0.2) is 0 Å². The molecule has 2 rings (SSSR count). The number of hydrogen-bond acceptors (Lipinski definition) is 3. The number of rotatable bonds is 7. The highest BCUT2D eigenvalue weighted by atomic mass is 35.5. The number of benzene rings is 2. The van der Waals surface area contributed by atoms with Crippen LogP contribution < -0.4 is 15.8 Å². The van der Waals surface area contributed by atoms with Crippen molar-refractivity contribution >= 4 is 18.3 Å². The van der Waals surface area contributed by atoms with E-state index in [2.05, 4.69) is 5.32 Å². The summed E-state index contributed by atoms with van der Waals surface area (Å²) in [5.74, 6) is 0.718. The average molecular weight is 335 g/mol. The lowest BCUT2D eigenvalue weighted by atomic mass is 10.1. The molecule has 0 aliphatic carbocycles. The smallest absolute Gasteiger partial charge is 0.236 e. The molecule has 0 unspecified atom stereocenters. The van der Waals surface area contributed by atoms with Gasteiger partial charge in [-0.3, -0.25) is 4.79 Å². The highest BCUT2D eigenvalue weighted by Gasteiger charge is 2.05. The monoisotopic (exact) mass is 334 g/mol. The van der Waals surface area contributed by atoms with Crippen LogP contribution in [0.25, 0.3) is 0 Å². The first kappa shape index (κ1) is 19.0. The molecule has 0 saturated heterocycles. The van der Waals surface area contributed by atoms with E-state index in [0.717, 1.165) is 23.3 Å². The summed E-state index contributed by atoms with van der Waals surface area (Å²) in [7, 11) is 0. The normalized spacial score (nSPS) is 11.2. The molecule has 0 spiro atoms. The van der Waals surface area contributed by atoms with E-state index < -0.39 is 6.04 Å². The number of amides is 1. The Morgan fingerprint density at radius 3 is 2.35 bits per heavy atom. The highest BCUT2D eigenvalue weighted by molar-refractivity contribution is 5.85. The van der Waals surface area contributed by atoms with Crippen LogP contribution in [0, 0.1) is 0 Å². The minimum atomic E-state index is -0.464. The number of halogens is 1. The van der Waals surface area contributed by atoms with Gasteiger partial charge >= 0.3 is 0 Å². The van der Waals surface area contributed by atoms with Gasteiger partial charge in [0.25, 0.3) is 0 Å². The zero-order valence-electron chi connectivity index (χ0n) is 13.2. The molecule has 2 aromatic rings. The maximum atomic E-state index is 11.4. The van der Waals surface area contributed by atoms with Gasteiger partial charge in [-0.1, -0.05) is 42.5 Å². The molecule has 0 radical (unpaired) electrons. The minimum Gasteiger partial charge on any atom is -0.489 e. The van der Waals surface area contributed by atoms with Gasteiger partial charge in [0.2, 0.25) is 5.91 Å². The summed E-state index contributed by atoms with van der Waals surface area (Å²) in [6.45, 7) is 2.82.